The predicted molar refractivity (Wildman–Crippen MR) is 97.6 cm³/mol. The molecule has 3 aromatic rings. The van der Waals surface area contributed by atoms with Gasteiger partial charge in [-0.15, -0.1) is 0 Å². The molecule has 6 rings (SSSR count). The number of benzene rings is 3. The molecule has 3 heteroatoms. The van der Waals surface area contributed by atoms with E-state index in [-0.39, 0.29) is 6.29 Å². The quantitative estimate of drug-likeness (QED) is 0.607. The van der Waals surface area contributed by atoms with Crippen molar-refractivity contribution in [3.8, 4) is 0 Å². The van der Waals surface area contributed by atoms with Gasteiger partial charge < -0.3 is 14.7 Å². The van der Waals surface area contributed by atoms with Crippen LogP contribution in [0, 0.1) is 0 Å². The van der Waals surface area contributed by atoms with Crippen molar-refractivity contribution in [2.24, 2.45) is 0 Å². The highest BCUT2D eigenvalue weighted by Gasteiger charge is 2.46. The highest BCUT2D eigenvalue weighted by molar-refractivity contribution is 5.86. The third-order valence-corrected chi connectivity index (χ3v) is 5.47. The summed E-state index contributed by atoms with van der Waals surface area (Å²) in [5.74, 6) is 0. The first kappa shape index (κ1) is 12.5. The van der Waals surface area contributed by atoms with Crippen LogP contribution in [0.25, 0.3) is 0 Å². The van der Waals surface area contributed by atoms with Gasteiger partial charge in [-0.2, -0.15) is 0 Å². The molecular formula is C21H17N3. The molecule has 0 radical (unpaired) electrons. The lowest BCUT2D eigenvalue weighted by molar-refractivity contribution is 0.542. The Balaban J connectivity index is 1.67. The molecular weight excluding hydrogens is 294 g/mol. The molecule has 3 heterocycles. The van der Waals surface area contributed by atoms with Crippen molar-refractivity contribution in [3.63, 3.8) is 0 Å². The molecule has 3 aromatic carbocycles. The molecule has 0 fully saturated rings. The maximum absolute atomic E-state index is 2.54. The lowest BCUT2D eigenvalue weighted by atomic mass is 10.0. The van der Waals surface area contributed by atoms with Gasteiger partial charge in [0.2, 0.25) is 0 Å². The van der Waals surface area contributed by atoms with E-state index in [4.69, 9.17) is 0 Å². The second kappa shape index (κ2) is 4.32. The summed E-state index contributed by atoms with van der Waals surface area (Å²) in [7, 11) is 0. The molecule has 0 saturated carbocycles. The van der Waals surface area contributed by atoms with E-state index in [1.54, 1.807) is 0 Å². The van der Waals surface area contributed by atoms with Crippen molar-refractivity contribution in [1.82, 2.24) is 0 Å². The number of rotatable bonds is 0. The number of hydrogen-bond donors (Lipinski definition) is 0. The normalized spacial score (nSPS) is 17.2. The van der Waals surface area contributed by atoms with Crippen molar-refractivity contribution in [2.45, 2.75) is 19.4 Å². The van der Waals surface area contributed by atoms with E-state index in [1.807, 2.05) is 0 Å². The molecule has 0 spiro atoms. The molecule has 3 aliphatic heterocycles. The van der Waals surface area contributed by atoms with Crippen LogP contribution in [0.2, 0.25) is 0 Å². The van der Waals surface area contributed by atoms with Crippen LogP contribution >= 0.6 is 0 Å². The summed E-state index contributed by atoms with van der Waals surface area (Å²) in [6, 6.07) is 26.4. The van der Waals surface area contributed by atoms with Crippen molar-refractivity contribution >= 4 is 22.7 Å². The van der Waals surface area contributed by atoms with E-state index in [9.17, 15) is 0 Å². The van der Waals surface area contributed by atoms with Gasteiger partial charge in [-0.3, -0.25) is 0 Å². The minimum absolute atomic E-state index is 0.243. The van der Waals surface area contributed by atoms with E-state index in [0.717, 1.165) is 13.1 Å². The number of hydrogen-bond acceptors (Lipinski definition) is 3. The molecule has 0 bridgehead atoms. The Hall–Kier alpha value is -2.94. The van der Waals surface area contributed by atoms with E-state index in [2.05, 4.69) is 87.5 Å². The second-order valence-corrected chi connectivity index (χ2v) is 6.72. The van der Waals surface area contributed by atoms with Crippen molar-refractivity contribution < 1.29 is 0 Å². The molecule has 0 N–H and O–H groups in total. The summed E-state index contributed by atoms with van der Waals surface area (Å²) in [4.78, 5) is 7.58. The molecule has 24 heavy (non-hydrogen) atoms. The van der Waals surface area contributed by atoms with Crippen LogP contribution in [-0.4, -0.2) is 6.29 Å². The Kier molecular flexibility index (Phi) is 2.25. The molecule has 116 valence electrons. The topological polar surface area (TPSA) is 9.72 Å². The first-order valence-corrected chi connectivity index (χ1v) is 8.49. The zero-order chi connectivity index (χ0) is 15.7. The molecule has 0 aliphatic carbocycles. The van der Waals surface area contributed by atoms with E-state index in [1.165, 1.54) is 33.9 Å². The third kappa shape index (κ3) is 1.42. The number of nitrogens with zero attached hydrogens (tertiary/aromatic N) is 3. The fourth-order valence-corrected chi connectivity index (χ4v) is 4.48. The number of anilines is 4. The van der Waals surface area contributed by atoms with Gasteiger partial charge in [-0.25, -0.2) is 0 Å². The van der Waals surface area contributed by atoms with Gasteiger partial charge >= 0.3 is 0 Å². The van der Waals surface area contributed by atoms with Crippen LogP contribution in [0.15, 0.2) is 72.8 Å². The van der Waals surface area contributed by atoms with Crippen LogP contribution < -0.4 is 14.7 Å². The maximum Gasteiger partial charge on any atom is 0.186 e. The van der Waals surface area contributed by atoms with E-state index in [0.29, 0.717) is 0 Å². The van der Waals surface area contributed by atoms with Crippen molar-refractivity contribution in [3.05, 3.63) is 83.9 Å². The van der Waals surface area contributed by atoms with Crippen LogP contribution in [0.5, 0.6) is 0 Å². The SMILES string of the molecule is c1ccc2c(c1)CN1c3ccccc3N3Cc4ccccc4N2C13. The van der Waals surface area contributed by atoms with Crippen LogP contribution in [0.4, 0.5) is 22.7 Å². The smallest absolute Gasteiger partial charge is 0.186 e. The largest absolute Gasteiger partial charge is 0.328 e. The fraction of sp³-hybridized carbons (Fsp3) is 0.143. The summed E-state index contributed by atoms with van der Waals surface area (Å²) < 4.78 is 0. The minimum atomic E-state index is 0.243. The Morgan fingerprint density at radius 2 is 0.958 bits per heavy atom. The lowest BCUT2D eigenvalue weighted by Crippen LogP contribution is -2.58. The molecule has 3 aliphatic rings. The van der Waals surface area contributed by atoms with Gasteiger partial charge in [0.25, 0.3) is 0 Å². The highest BCUT2D eigenvalue weighted by Crippen LogP contribution is 2.52. The molecule has 0 amide bonds. The molecule has 0 aromatic heterocycles. The van der Waals surface area contributed by atoms with Gasteiger partial charge in [-0.05, 0) is 35.4 Å². The van der Waals surface area contributed by atoms with Gasteiger partial charge in [0.1, 0.15) is 0 Å². The number of para-hydroxylation sites is 4. The summed E-state index contributed by atoms with van der Waals surface area (Å²) in [5, 5.41) is 0. The first-order valence-electron chi connectivity index (χ1n) is 8.49. The summed E-state index contributed by atoms with van der Waals surface area (Å²) in [5.41, 5.74) is 8.14. The zero-order valence-electron chi connectivity index (χ0n) is 13.3. The standard InChI is InChI=1S/C21H17N3/c1-3-9-17-15(7-1)13-22-19-11-5-6-12-20(19)23-14-16-8-2-4-10-18(16)24(17)21(22)23/h1-12,21H,13-14H2. The van der Waals surface area contributed by atoms with Crippen LogP contribution in [0.3, 0.4) is 0 Å². The summed E-state index contributed by atoms with van der Waals surface area (Å²) in [6.45, 7) is 1.93. The summed E-state index contributed by atoms with van der Waals surface area (Å²) >= 11 is 0. The third-order valence-electron chi connectivity index (χ3n) is 5.47. The van der Waals surface area contributed by atoms with Gasteiger partial charge in [0, 0.05) is 24.5 Å². The number of fused-ring (bicyclic) bond motifs is 7. The fourth-order valence-electron chi connectivity index (χ4n) is 4.48. The molecule has 0 atom stereocenters. The van der Waals surface area contributed by atoms with Gasteiger partial charge in [0.15, 0.2) is 6.29 Å². The van der Waals surface area contributed by atoms with Crippen molar-refractivity contribution in [2.75, 3.05) is 14.7 Å². The Morgan fingerprint density at radius 1 is 0.542 bits per heavy atom. The average molecular weight is 311 g/mol. The average Bonchev–Trinajstić information content (AvgIpc) is 2.96. The van der Waals surface area contributed by atoms with Gasteiger partial charge in [-0.1, -0.05) is 48.5 Å². The summed E-state index contributed by atoms with van der Waals surface area (Å²) in [6.07, 6.45) is 0.243. The first-order chi connectivity index (χ1) is 11.9. The molecule has 0 unspecified atom stereocenters. The Morgan fingerprint density at radius 3 is 1.46 bits per heavy atom. The Labute approximate surface area is 141 Å². The highest BCUT2D eigenvalue weighted by atomic mass is 15.6. The zero-order valence-corrected chi connectivity index (χ0v) is 13.3. The molecule has 3 nitrogen and oxygen atoms in total. The second-order valence-electron chi connectivity index (χ2n) is 6.72. The van der Waals surface area contributed by atoms with E-state index >= 15 is 0 Å². The van der Waals surface area contributed by atoms with Gasteiger partial charge in [0.05, 0.1) is 11.4 Å². The van der Waals surface area contributed by atoms with Crippen molar-refractivity contribution in [1.29, 1.82) is 0 Å². The maximum atomic E-state index is 2.54. The minimum Gasteiger partial charge on any atom is -0.328 e. The van der Waals surface area contributed by atoms with Crippen LogP contribution in [0.1, 0.15) is 11.1 Å². The predicted octanol–water partition coefficient (Wildman–Crippen LogP) is 4.46. The van der Waals surface area contributed by atoms with Crippen LogP contribution in [-0.2, 0) is 13.1 Å². The monoisotopic (exact) mass is 311 g/mol. The lowest BCUT2D eigenvalue weighted by Gasteiger charge is -2.50. The Bertz CT molecular complexity index is 888. The molecule has 0 saturated heterocycles. The van der Waals surface area contributed by atoms with E-state index < -0.39 is 0 Å².